The molecule has 0 bridgehead atoms. The quantitative estimate of drug-likeness (QED) is 0.557. The average molecular weight is 418 g/mol. The Hall–Kier alpha value is -2.61. The van der Waals surface area contributed by atoms with E-state index in [-0.39, 0.29) is 17.6 Å². The maximum atomic E-state index is 14.3. The van der Waals surface area contributed by atoms with Gasteiger partial charge in [-0.1, -0.05) is 0 Å². The molecule has 8 heteroatoms. The summed E-state index contributed by atoms with van der Waals surface area (Å²) in [7, 11) is 1.62. The first-order valence-corrected chi connectivity index (χ1v) is 10.6. The first-order chi connectivity index (χ1) is 14.5. The Morgan fingerprint density at radius 3 is 2.63 bits per heavy atom. The van der Waals surface area contributed by atoms with Gasteiger partial charge in [-0.25, -0.2) is 9.37 Å². The molecular formula is C22H32FN5O2. The molecule has 2 aromatic rings. The summed E-state index contributed by atoms with van der Waals surface area (Å²) in [6, 6.07) is 5.60. The van der Waals surface area contributed by atoms with Crippen LogP contribution in [0.1, 0.15) is 38.8 Å². The van der Waals surface area contributed by atoms with Crippen LogP contribution >= 0.6 is 0 Å². The van der Waals surface area contributed by atoms with Crippen LogP contribution in [0.25, 0.3) is 0 Å². The Kier molecular flexibility index (Phi) is 7.68. The van der Waals surface area contributed by atoms with E-state index in [0.29, 0.717) is 24.1 Å². The number of rotatable bonds is 10. The van der Waals surface area contributed by atoms with E-state index in [4.69, 9.17) is 9.47 Å². The molecule has 2 N–H and O–H groups in total. The second-order valence-corrected chi connectivity index (χ2v) is 7.84. The molecule has 0 spiro atoms. The number of methoxy groups -OCH3 is 1. The fourth-order valence-electron chi connectivity index (χ4n) is 3.46. The molecule has 30 heavy (non-hydrogen) atoms. The minimum absolute atomic E-state index is 0.0585. The van der Waals surface area contributed by atoms with Crippen LogP contribution in [0.2, 0.25) is 0 Å². The zero-order valence-corrected chi connectivity index (χ0v) is 18.3. The summed E-state index contributed by atoms with van der Waals surface area (Å²) in [6.07, 6.45) is 3.55. The van der Waals surface area contributed by atoms with Crippen LogP contribution in [0.5, 0.6) is 11.5 Å². The number of ether oxygens (including phenoxy) is 2. The molecule has 2 heterocycles. The largest absolute Gasteiger partial charge is 0.493 e. The highest BCUT2D eigenvalue weighted by Gasteiger charge is 2.14. The number of anilines is 3. The van der Waals surface area contributed by atoms with Gasteiger partial charge in [0.2, 0.25) is 5.95 Å². The van der Waals surface area contributed by atoms with Crippen LogP contribution in [0.4, 0.5) is 21.8 Å². The molecule has 1 aromatic heterocycles. The number of aromatic nitrogens is 2. The summed E-state index contributed by atoms with van der Waals surface area (Å²) in [4.78, 5) is 11.0. The lowest BCUT2D eigenvalue weighted by Crippen LogP contribution is -2.21. The molecule has 1 aliphatic rings. The number of aryl methyl sites for hydroxylation is 1. The van der Waals surface area contributed by atoms with Crippen molar-refractivity contribution in [2.24, 2.45) is 0 Å². The smallest absolute Gasteiger partial charge is 0.229 e. The van der Waals surface area contributed by atoms with Crippen molar-refractivity contribution in [3.8, 4) is 11.5 Å². The van der Waals surface area contributed by atoms with Gasteiger partial charge in [-0.15, -0.1) is 0 Å². The third kappa shape index (κ3) is 5.95. The van der Waals surface area contributed by atoms with Crippen molar-refractivity contribution in [2.45, 2.75) is 46.1 Å². The van der Waals surface area contributed by atoms with Gasteiger partial charge in [-0.05, 0) is 65.3 Å². The predicted molar refractivity (Wildman–Crippen MR) is 118 cm³/mol. The van der Waals surface area contributed by atoms with Crippen LogP contribution in [0.15, 0.2) is 18.2 Å². The highest BCUT2D eigenvalue weighted by molar-refractivity contribution is 5.61. The molecule has 3 rings (SSSR count). The molecule has 0 aliphatic carbocycles. The van der Waals surface area contributed by atoms with Crippen molar-refractivity contribution in [1.29, 1.82) is 0 Å². The number of likely N-dealkylation sites (tertiary alicyclic amines) is 1. The lowest BCUT2D eigenvalue weighted by atomic mass is 10.2. The fraction of sp³-hybridized carbons (Fsp3) is 0.545. The van der Waals surface area contributed by atoms with Gasteiger partial charge in [0.05, 0.1) is 19.4 Å². The number of nitrogens with one attached hydrogen (secondary N) is 2. The van der Waals surface area contributed by atoms with Crippen molar-refractivity contribution in [2.75, 3.05) is 44.0 Å². The molecular weight excluding hydrogens is 385 g/mol. The molecule has 1 fully saturated rings. The molecule has 0 atom stereocenters. The zero-order chi connectivity index (χ0) is 21.5. The standard InChI is InChI=1S/C22H32FN5O2/c1-15(2)24-21-20(23)16(3)25-22(27-21)26-17-8-9-18(29-4)19(14-17)30-13-7-12-28-10-5-6-11-28/h8-9,14-15H,5-7,10-13H2,1-4H3,(H2,24,25,26,27). The van der Waals surface area contributed by atoms with E-state index in [1.54, 1.807) is 14.0 Å². The van der Waals surface area contributed by atoms with Gasteiger partial charge in [0.15, 0.2) is 23.1 Å². The third-order valence-electron chi connectivity index (χ3n) is 4.94. The lowest BCUT2D eigenvalue weighted by molar-refractivity contribution is 0.254. The molecule has 0 unspecified atom stereocenters. The molecule has 0 saturated carbocycles. The maximum Gasteiger partial charge on any atom is 0.229 e. The van der Waals surface area contributed by atoms with Gasteiger partial charge in [-0.2, -0.15) is 4.98 Å². The topological polar surface area (TPSA) is 71.5 Å². The second-order valence-electron chi connectivity index (χ2n) is 7.84. The van der Waals surface area contributed by atoms with Gasteiger partial charge < -0.3 is 25.0 Å². The fourth-order valence-corrected chi connectivity index (χ4v) is 3.46. The second kappa shape index (κ2) is 10.4. The summed E-state index contributed by atoms with van der Waals surface area (Å²) >= 11 is 0. The average Bonchev–Trinajstić information content (AvgIpc) is 3.22. The Labute approximate surface area is 178 Å². The number of nitrogens with zero attached hydrogens (tertiary/aromatic N) is 3. The molecule has 1 aliphatic heterocycles. The SMILES string of the molecule is COc1ccc(Nc2nc(C)c(F)c(NC(C)C)n2)cc1OCCCN1CCCC1. The van der Waals surface area contributed by atoms with Gasteiger partial charge in [0.25, 0.3) is 0 Å². The van der Waals surface area contributed by atoms with E-state index in [0.717, 1.165) is 18.7 Å². The Bertz CT molecular complexity index is 841. The van der Waals surface area contributed by atoms with Crippen LogP contribution in [0, 0.1) is 12.7 Å². The normalized spacial score (nSPS) is 14.2. The molecule has 7 nitrogen and oxygen atoms in total. The van der Waals surface area contributed by atoms with Crippen LogP contribution < -0.4 is 20.1 Å². The predicted octanol–water partition coefficient (Wildman–Crippen LogP) is 4.36. The Balaban J connectivity index is 1.67. The van der Waals surface area contributed by atoms with Crippen molar-refractivity contribution < 1.29 is 13.9 Å². The van der Waals surface area contributed by atoms with Gasteiger partial charge >= 0.3 is 0 Å². The van der Waals surface area contributed by atoms with E-state index in [9.17, 15) is 4.39 Å². The van der Waals surface area contributed by atoms with Gasteiger partial charge in [-0.3, -0.25) is 0 Å². The lowest BCUT2D eigenvalue weighted by Gasteiger charge is -2.16. The van der Waals surface area contributed by atoms with Gasteiger partial charge in [0, 0.05) is 24.3 Å². The summed E-state index contributed by atoms with van der Waals surface area (Å²) in [5.74, 6) is 1.39. The zero-order valence-electron chi connectivity index (χ0n) is 18.3. The van der Waals surface area contributed by atoms with E-state index in [1.807, 2.05) is 32.0 Å². The Morgan fingerprint density at radius 2 is 1.93 bits per heavy atom. The highest BCUT2D eigenvalue weighted by Crippen LogP contribution is 2.31. The van der Waals surface area contributed by atoms with Crippen molar-refractivity contribution in [3.05, 3.63) is 29.7 Å². The van der Waals surface area contributed by atoms with Crippen LogP contribution in [0.3, 0.4) is 0 Å². The van der Waals surface area contributed by atoms with E-state index < -0.39 is 5.82 Å². The van der Waals surface area contributed by atoms with Gasteiger partial charge in [0.1, 0.15) is 0 Å². The number of hydrogen-bond donors (Lipinski definition) is 2. The molecule has 0 amide bonds. The van der Waals surface area contributed by atoms with E-state index >= 15 is 0 Å². The summed E-state index contributed by atoms with van der Waals surface area (Å²) in [5, 5.41) is 6.15. The first kappa shape index (κ1) is 22.1. The van der Waals surface area contributed by atoms with Crippen molar-refractivity contribution in [1.82, 2.24) is 14.9 Å². The Morgan fingerprint density at radius 1 is 1.17 bits per heavy atom. The minimum atomic E-state index is -0.439. The summed E-state index contributed by atoms with van der Waals surface area (Å²) in [5.41, 5.74) is 1.02. The van der Waals surface area contributed by atoms with Crippen LogP contribution in [-0.2, 0) is 0 Å². The van der Waals surface area contributed by atoms with Crippen LogP contribution in [-0.4, -0.2) is 54.3 Å². The summed E-state index contributed by atoms with van der Waals surface area (Å²) < 4.78 is 25.7. The number of benzene rings is 1. The van der Waals surface area contributed by atoms with E-state index in [2.05, 4.69) is 25.5 Å². The number of halogens is 1. The molecule has 1 saturated heterocycles. The monoisotopic (exact) mass is 417 g/mol. The summed E-state index contributed by atoms with van der Waals surface area (Å²) in [6.45, 7) is 9.53. The first-order valence-electron chi connectivity index (χ1n) is 10.6. The number of hydrogen-bond acceptors (Lipinski definition) is 7. The molecule has 0 radical (unpaired) electrons. The molecule has 1 aromatic carbocycles. The highest BCUT2D eigenvalue weighted by atomic mass is 19.1. The maximum absolute atomic E-state index is 14.3. The van der Waals surface area contributed by atoms with Crippen molar-refractivity contribution in [3.63, 3.8) is 0 Å². The molecule has 164 valence electrons. The van der Waals surface area contributed by atoms with Crippen molar-refractivity contribution >= 4 is 17.5 Å². The third-order valence-corrected chi connectivity index (χ3v) is 4.94. The van der Waals surface area contributed by atoms with E-state index in [1.165, 1.54) is 25.9 Å². The minimum Gasteiger partial charge on any atom is -0.493 e.